The normalized spacial score (nSPS) is 14.1. The second-order valence-electron chi connectivity index (χ2n) is 3.85. The molecule has 1 aromatic rings. The highest BCUT2D eigenvalue weighted by atomic mass is 35.5. The maximum absolute atomic E-state index is 11.7. The molecule has 0 aliphatic rings. The van der Waals surface area contributed by atoms with Crippen molar-refractivity contribution in [1.29, 1.82) is 0 Å². The van der Waals surface area contributed by atoms with Gasteiger partial charge in [-0.05, 0) is 24.6 Å². The van der Waals surface area contributed by atoms with E-state index in [0.717, 1.165) is 5.56 Å². The molecule has 0 saturated carbocycles. The van der Waals surface area contributed by atoms with E-state index >= 15 is 0 Å². The fraction of sp³-hybridized carbons (Fsp3) is 0.417. The number of rotatable bonds is 5. The van der Waals surface area contributed by atoms with Gasteiger partial charge in [-0.25, -0.2) is 0 Å². The van der Waals surface area contributed by atoms with Crippen molar-refractivity contribution in [2.24, 2.45) is 5.73 Å². The Morgan fingerprint density at radius 1 is 1.59 bits per heavy atom. The highest BCUT2D eigenvalue weighted by molar-refractivity contribution is 6.30. The van der Waals surface area contributed by atoms with Gasteiger partial charge < -0.3 is 15.8 Å². The van der Waals surface area contributed by atoms with Crippen LogP contribution in [-0.2, 0) is 9.53 Å². The first-order valence-corrected chi connectivity index (χ1v) is 5.72. The van der Waals surface area contributed by atoms with E-state index in [4.69, 9.17) is 22.1 Å². The number of halogens is 1. The van der Waals surface area contributed by atoms with E-state index in [9.17, 15) is 4.79 Å². The summed E-state index contributed by atoms with van der Waals surface area (Å²) < 4.78 is 4.82. The van der Waals surface area contributed by atoms with Crippen molar-refractivity contribution in [1.82, 2.24) is 5.32 Å². The molecule has 0 spiro atoms. The van der Waals surface area contributed by atoms with Gasteiger partial charge in [0.25, 0.3) is 0 Å². The summed E-state index contributed by atoms with van der Waals surface area (Å²) in [5, 5.41) is 3.45. The molecule has 1 unspecified atom stereocenters. The monoisotopic (exact) mass is 256 g/mol. The van der Waals surface area contributed by atoms with Crippen molar-refractivity contribution >= 4 is 17.5 Å². The Bertz CT molecular complexity index is 385. The standard InChI is InChI=1S/C12H17ClN2O2/c1-8(9-4-3-5-10(13)6-9)15-12(16)11(14)7-17-2/h3-6,8,11H,7,14H2,1-2H3,(H,15,16)/t8-,11?/m1/s1. The van der Waals surface area contributed by atoms with Gasteiger partial charge in [0, 0.05) is 12.1 Å². The number of methoxy groups -OCH3 is 1. The number of nitrogens with one attached hydrogen (secondary N) is 1. The smallest absolute Gasteiger partial charge is 0.239 e. The van der Waals surface area contributed by atoms with E-state index in [0.29, 0.717) is 5.02 Å². The fourth-order valence-corrected chi connectivity index (χ4v) is 1.63. The summed E-state index contributed by atoms with van der Waals surface area (Å²) in [6, 6.07) is 6.56. The molecule has 0 bridgehead atoms. The summed E-state index contributed by atoms with van der Waals surface area (Å²) >= 11 is 5.88. The predicted octanol–water partition coefficient (Wildman–Crippen LogP) is 1.49. The van der Waals surface area contributed by atoms with Gasteiger partial charge in [0.15, 0.2) is 0 Å². The van der Waals surface area contributed by atoms with Crippen molar-refractivity contribution in [2.75, 3.05) is 13.7 Å². The van der Waals surface area contributed by atoms with Crippen LogP contribution in [0.2, 0.25) is 5.02 Å². The molecule has 94 valence electrons. The molecule has 1 rings (SSSR count). The Kier molecular flexibility index (Phi) is 5.41. The number of nitrogens with two attached hydrogens (primary N) is 1. The minimum Gasteiger partial charge on any atom is -0.383 e. The second-order valence-corrected chi connectivity index (χ2v) is 4.28. The first-order chi connectivity index (χ1) is 8.04. The Hall–Kier alpha value is -1.10. The molecule has 2 atom stereocenters. The van der Waals surface area contributed by atoms with Crippen molar-refractivity contribution in [3.8, 4) is 0 Å². The van der Waals surface area contributed by atoms with Crippen LogP contribution in [0.4, 0.5) is 0 Å². The molecule has 4 nitrogen and oxygen atoms in total. The molecule has 0 aliphatic carbocycles. The average molecular weight is 257 g/mol. The van der Waals surface area contributed by atoms with Gasteiger partial charge >= 0.3 is 0 Å². The van der Waals surface area contributed by atoms with Gasteiger partial charge in [-0.3, -0.25) is 4.79 Å². The summed E-state index contributed by atoms with van der Waals surface area (Å²) in [6.07, 6.45) is 0. The number of hydrogen-bond donors (Lipinski definition) is 2. The zero-order valence-corrected chi connectivity index (χ0v) is 10.7. The van der Waals surface area contributed by atoms with Crippen LogP contribution >= 0.6 is 11.6 Å². The lowest BCUT2D eigenvalue weighted by molar-refractivity contribution is -0.124. The first kappa shape index (κ1) is 14.0. The van der Waals surface area contributed by atoms with E-state index < -0.39 is 6.04 Å². The van der Waals surface area contributed by atoms with Gasteiger partial charge in [-0.2, -0.15) is 0 Å². The highest BCUT2D eigenvalue weighted by Crippen LogP contribution is 2.17. The maximum atomic E-state index is 11.7. The minimum atomic E-state index is -0.651. The molecule has 3 N–H and O–H groups in total. The van der Waals surface area contributed by atoms with E-state index in [1.807, 2.05) is 25.1 Å². The van der Waals surface area contributed by atoms with E-state index in [-0.39, 0.29) is 18.6 Å². The molecule has 0 aliphatic heterocycles. The largest absolute Gasteiger partial charge is 0.383 e. The summed E-state index contributed by atoms with van der Waals surface area (Å²) in [5.74, 6) is -0.237. The summed E-state index contributed by atoms with van der Waals surface area (Å²) in [4.78, 5) is 11.7. The number of hydrogen-bond acceptors (Lipinski definition) is 3. The highest BCUT2D eigenvalue weighted by Gasteiger charge is 2.16. The number of ether oxygens (including phenoxy) is 1. The lowest BCUT2D eigenvalue weighted by Gasteiger charge is -2.17. The van der Waals surface area contributed by atoms with Crippen LogP contribution in [0.1, 0.15) is 18.5 Å². The third kappa shape index (κ3) is 4.34. The van der Waals surface area contributed by atoms with E-state index in [1.54, 1.807) is 6.07 Å². The van der Waals surface area contributed by atoms with Crippen LogP contribution < -0.4 is 11.1 Å². The number of amides is 1. The molecule has 0 radical (unpaired) electrons. The Labute approximate surface area is 106 Å². The molecule has 0 fully saturated rings. The SMILES string of the molecule is COCC(N)C(=O)N[C@H](C)c1cccc(Cl)c1. The topological polar surface area (TPSA) is 64.3 Å². The molecule has 1 amide bonds. The molecular weight excluding hydrogens is 240 g/mol. The zero-order valence-electron chi connectivity index (χ0n) is 9.94. The minimum absolute atomic E-state index is 0.135. The Morgan fingerprint density at radius 2 is 2.29 bits per heavy atom. The molecule has 5 heteroatoms. The van der Waals surface area contributed by atoms with Crippen LogP contribution in [0.25, 0.3) is 0 Å². The molecule has 0 aromatic heterocycles. The van der Waals surface area contributed by atoms with Crippen LogP contribution in [0, 0.1) is 0 Å². The third-order valence-corrected chi connectivity index (χ3v) is 2.63. The first-order valence-electron chi connectivity index (χ1n) is 5.35. The van der Waals surface area contributed by atoms with Crippen LogP contribution in [0.15, 0.2) is 24.3 Å². The van der Waals surface area contributed by atoms with Gasteiger partial charge in [0.2, 0.25) is 5.91 Å². The van der Waals surface area contributed by atoms with Crippen LogP contribution in [0.5, 0.6) is 0 Å². The number of carbonyl (C=O) groups is 1. The Morgan fingerprint density at radius 3 is 2.88 bits per heavy atom. The lowest BCUT2D eigenvalue weighted by atomic mass is 10.1. The van der Waals surface area contributed by atoms with Crippen molar-refractivity contribution < 1.29 is 9.53 Å². The zero-order chi connectivity index (χ0) is 12.8. The molecule has 17 heavy (non-hydrogen) atoms. The quantitative estimate of drug-likeness (QED) is 0.839. The van der Waals surface area contributed by atoms with E-state index in [2.05, 4.69) is 5.32 Å². The van der Waals surface area contributed by atoms with Crippen LogP contribution in [0.3, 0.4) is 0 Å². The van der Waals surface area contributed by atoms with Crippen molar-refractivity contribution in [3.05, 3.63) is 34.9 Å². The Balaban J connectivity index is 2.60. The van der Waals surface area contributed by atoms with Gasteiger partial charge in [0.05, 0.1) is 12.6 Å². The molecular formula is C12H17ClN2O2. The van der Waals surface area contributed by atoms with Crippen molar-refractivity contribution in [2.45, 2.75) is 19.0 Å². The maximum Gasteiger partial charge on any atom is 0.239 e. The van der Waals surface area contributed by atoms with Gasteiger partial charge in [-0.15, -0.1) is 0 Å². The number of carbonyl (C=O) groups excluding carboxylic acids is 1. The van der Waals surface area contributed by atoms with Crippen LogP contribution in [-0.4, -0.2) is 25.7 Å². The average Bonchev–Trinajstić information content (AvgIpc) is 2.29. The second kappa shape index (κ2) is 6.59. The summed E-state index contributed by atoms with van der Waals surface area (Å²) in [7, 11) is 1.51. The fourth-order valence-electron chi connectivity index (χ4n) is 1.43. The van der Waals surface area contributed by atoms with E-state index in [1.165, 1.54) is 7.11 Å². The molecule has 0 heterocycles. The lowest BCUT2D eigenvalue weighted by Crippen LogP contribution is -2.44. The van der Waals surface area contributed by atoms with Crippen molar-refractivity contribution in [3.63, 3.8) is 0 Å². The predicted molar refractivity (Wildman–Crippen MR) is 67.9 cm³/mol. The van der Waals surface area contributed by atoms with Gasteiger partial charge in [-0.1, -0.05) is 23.7 Å². The molecule has 0 saturated heterocycles. The van der Waals surface area contributed by atoms with Gasteiger partial charge in [0.1, 0.15) is 6.04 Å². The summed E-state index contributed by atoms with van der Waals surface area (Å²) in [6.45, 7) is 2.08. The third-order valence-electron chi connectivity index (χ3n) is 2.39. The number of benzene rings is 1. The summed E-state index contributed by atoms with van der Waals surface area (Å²) in [5.41, 5.74) is 6.56. The molecule has 1 aromatic carbocycles.